The van der Waals surface area contributed by atoms with E-state index in [0.29, 0.717) is 6.42 Å². The highest BCUT2D eigenvalue weighted by Crippen LogP contribution is 2.32. The van der Waals surface area contributed by atoms with E-state index >= 15 is 0 Å². The second kappa shape index (κ2) is 6.21. The van der Waals surface area contributed by atoms with Crippen LogP contribution < -0.4 is 10.2 Å². The maximum Gasteiger partial charge on any atom is 0.227 e. The van der Waals surface area contributed by atoms with E-state index in [-0.39, 0.29) is 5.91 Å². The van der Waals surface area contributed by atoms with Gasteiger partial charge in [0, 0.05) is 43.7 Å². The molecule has 0 radical (unpaired) electrons. The summed E-state index contributed by atoms with van der Waals surface area (Å²) in [6, 6.07) is 8.57. The molecule has 1 aromatic carbocycles. The van der Waals surface area contributed by atoms with Gasteiger partial charge in [-0.05, 0) is 59.8 Å². The fraction of sp³-hybridized carbons (Fsp3) is 0.300. The zero-order valence-electron chi connectivity index (χ0n) is 13.9. The van der Waals surface area contributed by atoms with Gasteiger partial charge in [0.25, 0.3) is 0 Å². The van der Waals surface area contributed by atoms with Crippen LogP contribution in [0, 0.1) is 0 Å². The predicted octanol–water partition coefficient (Wildman–Crippen LogP) is 3.03. The van der Waals surface area contributed by atoms with Crippen molar-refractivity contribution >= 4 is 17.2 Å². The van der Waals surface area contributed by atoms with Crippen molar-refractivity contribution in [2.75, 3.05) is 25.0 Å². The first-order chi connectivity index (χ1) is 11.7. The molecule has 2 aliphatic rings. The molecule has 2 aromatic rings. The van der Waals surface area contributed by atoms with Crippen LogP contribution in [0.2, 0.25) is 0 Å². The van der Waals surface area contributed by atoms with Gasteiger partial charge in [0.2, 0.25) is 5.91 Å². The van der Waals surface area contributed by atoms with Gasteiger partial charge in [-0.3, -0.25) is 9.78 Å². The van der Waals surface area contributed by atoms with Crippen LogP contribution in [0.15, 0.2) is 42.7 Å². The standard InChI is InChI=1S/C20H21N3O/c1-23-19-4-2-15(10-16(19)3-5-20(23)24)18-11-17(12-22-13-18)14-6-8-21-9-7-14/h2,4,6,10-13,21H,3,5,7-9H2,1H3. The van der Waals surface area contributed by atoms with E-state index in [1.165, 1.54) is 22.3 Å². The molecule has 3 heterocycles. The van der Waals surface area contributed by atoms with Gasteiger partial charge >= 0.3 is 0 Å². The molecule has 1 amide bonds. The topological polar surface area (TPSA) is 45.2 Å². The molecule has 2 aliphatic heterocycles. The Morgan fingerprint density at radius 1 is 1.04 bits per heavy atom. The Balaban J connectivity index is 1.69. The van der Waals surface area contributed by atoms with Gasteiger partial charge in [0.1, 0.15) is 0 Å². The second-order valence-electron chi connectivity index (χ2n) is 6.44. The maximum atomic E-state index is 11.8. The van der Waals surface area contributed by atoms with Gasteiger partial charge < -0.3 is 10.2 Å². The largest absolute Gasteiger partial charge is 0.315 e. The lowest BCUT2D eigenvalue weighted by Crippen LogP contribution is -2.30. The number of rotatable bonds is 2. The van der Waals surface area contributed by atoms with Crippen LogP contribution >= 0.6 is 0 Å². The zero-order valence-corrected chi connectivity index (χ0v) is 13.9. The normalized spacial score (nSPS) is 17.5. The summed E-state index contributed by atoms with van der Waals surface area (Å²) >= 11 is 0. The number of nitrogens with one attached hydrogen (secondary N) is 1. The van der Waals surface area contributed by atoms with Crippen molar-refractivity contribution in [3.8, 4) is 11.1 Å². The SMILES string of the molecule is CN1C(=O)CCc2cc(-c3cncc(C4=CCNCC4)c3)ccc21. The molecule has 4 nitrogen and oxygen atoms in total. The van der Waals surface area contributed by atoms with Crippen LogP contribution in [0.3, 0.4) is 0 Å². The summed E-state index contributed by atoms with van der Waals surface area (Å²) in [6.45, 7) is 1.95. The Bertz CT molecular complexity index is 825. The highest BCUT2D eigenvalue weighted by molar-refractivity contribution is 5.96. The molecular weight excluding hydrogens is 298 g/mol. The molecule has 0 saturated carbocycles. The number of aromatic nitrogens is 1. The van der Waals surface area contributed by atoms with Gasteiger partial charge in [-0.15, -0.1) is 0 Å². The summed E-state index contributed by atoms with van der Waals surface area (Å²) in [7, 11) is 1.85. The molecule has 4 rings (SSSR count). The first-order valence-corrected chi connectivity index (χ1v) is 8.47. The fourth-order valence-electron chi connectivity index (χ4n) is 3.49. The van der Waals surface area contributed by atoms with Crippen molar-refractivity contribution in [1.29, 1.82) is 0 Å². The third-order valence-electron chi connectivity index (χ3n) is 4.93. The van der Waals surface area contributed by atoms with Crippen molar-refractivity contribution in [2.24, 2.45) is 0 Å². The molecule has 0 spiro atoms. The molecule has 122 valence electrons. The number of nitrogens with zero attached hydrogens (tertiary/aromatic N) is 2. The summed E-state index contributed by atoms with van der Waals surface area (Å²) in [5, 5.41) is 3.34. The van der Waals surface area contributed by atoms with Gasteiger partial charge in [0.15, 0.2) is 0 Å². The maximum absolute atomic E-state index is 11.8. The number of aryl methyl sites for hydroxylation is 1. The monoisotopic (exact) mass is 319 g/mol. The first-order valence-electron chi connectivity index (χ1n) is 8.47. The summed E-state index contributed by atoms with van der Waals surface area (Å²) in [5.74, 6) is 0.191. The first kappa shape index (κ1) is 15.1. The molecule has 0 atom stereocenters. The minimum atomic E-state index is 0.191. The fourth-order valence-corrected chi connectivity index (χ4v) is 3.49. The number of hydrogen-bond donors (Lipinski definition) is 1. The van der Waals surface area contributed by atoms with Gasteiger partial charge in [-0.25, -0.2) is 0 Å². The van der Waals surface area contributed by atoms with Crippen LogP contribution in [0.4, 0.5) is 5.69 Å². The van der Waals surface area contributed by atoms with Crippen molar-refractivity contribution in [1.82, 2.24) is 10.3 Å². The number of amides is 1. The molecule has 0 bridgehead atoms. The lowest BCUT2D eigenvalue weighted by atomic mass is 9.95. The summed E-state index contributed by atoms with van der Waals surface area (Å²) in [6.07, 6.45) is 8.57. The third kappa shape index (κ3) is 2.74. The molecule has 4 heteroatoms. The number of pyridine rings is 1. The minimum Gasteiger partial charge on any atom is -0.315 e. The Kier molecular flexibility index (Phi) is 3.90. The molecule has 1 aromatic heterocycles. The molecule has 1 N–H and O–H groups in total. The van der Waals surface area contributed by atoms with E-state index in [1.807, 2.05) is 19.4 Å². The summed E-state index contributed by atoms with van der Waals surface area (Å²) < 4.78 is 0. The van der Waals surface area contributed by atoms with E-state index in [9.17, 15) is 4.79 Å². The smallest absolute Gasteiger partial charge is 0.227 e. The van der Waals surface area contributed by atoms with Crippen LogP contribution in [0.5, 0.6) is 0 Å². The Morgan fingerprint density at radius 2 is 1.92 bits per heavy atom. The lowest BCUT2D eigenvalue weighted by Gasteiger charge is -2.26. The van der Waals surface area contributed by atoms with E-state index in [1.54, 1.807) is 4.90 Å². The lowest BCUT2D eigenvalue weighted by molar-refractivity contribution is -0.118. The highest BCUT2D eigenvalue weighted by atomic mass is 16.2. The molecule has 0 fully saturated rings. The second-order valence-corrected chi connectivity index (χ2v) is 6.44. The van der Waals surface area contributed by atoms with Gasteiger partial charge in [-0.2, -0.15) is 0 Å². The van der Waals surface area contributed by atoms with Crippen LogP contribution in [-0.4, -0.2) is 31.0 Å². The van der Waals surface area contributed by atoms with E-state index in [4.69, 9.17) is 0 Å². The zero-order chi connectivity index (χ0) is 16.5. The van der Waals surface area contributed by atoms with Crippen LogP contribution in [-0.2, 0) is 11.2 Å². The van der Waals surface area contributed by atoms with Crippen molar-refractivity contribution < 1.29 is 4.79 Å². The molecule has 24 heavy (non-hydrogen) atoms. The van der Waals surface area contributed by atoms with Crippen molar-refractivity contribution in [2.45, 2.75) is 19.3 Å². The summed E-state index contributed by atoms with van der Waals surface area (Å²) in [5.41, 5.74) is 7.14. The molecule has 0 aliphatic carbocycles. The molecular formula is C20H21N3O. The molecule has 0 unspecified atom stereocenters. The predicted molar refractivity (Wildman–Crippen MR) is 96.9 cm³/mol. The Labute approximate surface area is 142 Å². The minimum absolute atomic E-state index is 0.191. The Morgan fingerprint density at radius 3 is 2.75 bits per heavy atom. The van der Waals surface area contributed by atoms with E-state index in [2.05, 4.69) is 40.6 Å². The number of hydrogen-bond acceptors (Lipinski definition) is 3. The number of anilines is 1. The number of benzene rings is 1. The van der Waals surface area contributed by atoms with Crippen LogP contribution in [0.25, 0.3) is 16.7 Å². The quantitative estimate of drug-likeness (QED) is 0.925. The average molecular weight is 319 g/mol. The number of carbonyl (C=O) groups is 1. The average Bonchev–Trinajstić information content (AvgIpc) is 2.65. The highest BCUT2D eigenvalue weighted by Gasteiger charge is 2.21. The summed E-state index contributed by atoms with van der Waals surface area (Å²) in [4.78, 5) is 18.0. The van der Waals surface area contributed by atoms with Crippen LogP contribution in [0.1, 0.15) is 24.0 Å². The van der Waals surface area contributed by atoms with E-state index < -0.39 is 0 Å². The van der Waals surface area contributed by atoms with Crippen molar-refractivity contribution in [3.63, 3.8) is 0 Å². The van der Waals surface area contributed by atoms with Gasteiger partial charge in [0.05, 0.1) is 0 Å². The number of fused-ring (bicyclic) bond motifs is 1. The van der Waals surface area contributed by atoms with Crippen molar-refractivity contribution in [3.05, 3.63) is 53.9 Å². The van der Waals surface area contributed by atoms with E-state index in [0.717, 1.165) is 37.2 Å². The van der Waals surface area contributed by atoms with Gasteiger partial charge in [-0.1, -0.05) is 12.1 Å². The molecule has 0 saturated heterocycles. The Hall–Kier alpha value is -2.46. The number of carbonyl (C=O) groups excluding carboxylic acids is 1. The third-order valence-corrected chi connectivity index (χ3v) is 4.93.